The number of halogens is 4. The molecule has 3 rings (SSSR count). The normalized spacial score (nSPS) is 19.0. The van der Waals surface area contributed by atoms with Crippen molar-refractivity contribution >= 4 is 12.0 Å². The van der Waals surface area contributed by atoms with Gasteiger partial charge in [-0.3, -0.25) is 14.7 Å². The Morgan fingerprint density at radius 2 is 1.90 bits per heavy atom. The minimum absolute atomic E-state index is 0.00257. The Kier molecular flexibility index (Phi) is 5.85. The monoisotopic (exact) mass is 427 g/mol. The van der Waals surface area contributed by atoms with Crippen LogP contribution >= 0.6 is 0 Å². The van der Waals surface area contributed by atoms with E-state index in [1.54, 1.807) is 13.0 Å². The molecule has 1 saturated heterocycles. The number of pyridine rings is 1. The van der Waals surface area contributed by atoms with Crippen LogP contribution in [0.4, 0.5) is 22.4 Å². The number of alkyl halides is 4. The number of rotatable bonds is 4. The summed E-state index contributed by atoms with van der Waals surface area (Å²) in [6, 6.07) is 0.436. The van der Waals surface area contributed by atoms with Crippen LogP contribution in [0.3, 0.4) is 0 Å². The molecule has 0 aromatic carbocycles. The van der Waals surface area contributed by atoms with Crippen LogP contribution < -0.4 is 5.32 Å². The molecule has 160 valence electrons. The number of likely N-dealkylation sites (tertiary alicyclic amines) is 1. The van der Waals surface area contributed by atoms with Gasteiger partial charge in [0.25, 0.3) is 0 Å². The molecule has 2 N–H and O–H groups in total. The van der Waals surface area contributed by atoms with Gasteiger partial charge in [-0.2, -0.15) is 13.2 Å². The minimum atomic E-state index is -4.66. The van der Waals surface area contributed by atoms with Crippen molar-refractivity contribution < 1.29 is 32.3 Å². The minimum Gasteiger partial charge on any atom is -0.465 e. The van der Waals surface area contributed by atoms with Crippen molar-refractivity contribution in [2.45, 2.75) is 38.3 Å². The van der Waals surface area contributed by atoms with Gasteiger partial charge in [-0.05, 0) is 24.1 Å². The average Bonchev–Trinajstić information content (AvgIpc) is 3.09. The maximum atomic E-state index is 13.5. The molecule has 2 aromatic rings. The van der Waals surface area contributed by atoms with Crippen LogP contribution in [0, 0.1) is 6.92 Å². The molecular formula is C18H17F4N5O3. The van der Waals surface area contributed by atoms with Crippen LogP contribution in [0.2, 0.25) is 0 Å². The Morgan fingerprint density at radius 1 is 1.23 bits per heavy atom. The fourth-order valence-electron chi connectivity index (χ4n) is 3.07. The highest BCUT2D eigenvalue weighted by molar-refractivity contribution is 5.86. The van der Waals surface area contributed by atoms with Crippen LogP contribution in [0.15, 0.2) is 24.7 Å². The number of carboxylic acid groups (broad SMARTS) is 1. The first-order valence-electron chi connectivity index (χ1n) is 8.82. The van der Waals surface area contributed by atoms with Crippen molar-refractivity contribution in [2.24, 2.45) is 0 Å². The number of aromatic nitrogens is 3. The maximum Gasteiger partial charge on any atom is 0.451 e. The van der Waals surface area contributed by atoms with Gasteiger partial charge in [0.05, 0.1) is 12.2 Å². The highest BCUT2D eigenvalue weighted by atomic mass is 19.4. The Bertz CT molecular complexity index is 952. The molecule has 0 aliphatic carbocycles. The summed E-state index contributed by atoms with van der Waals surface area (Å²) < 4.78 is 51.3. The van der Waals surface area contributed by atoms with Gasteiger partial charge in [-0.25, -0.2) is 19.2 Å². The summed E-state index contributed by atoms with van der Waals surface area (Å²) in [5.41, 5.74) is 1.85. The first kappa shape index (κ1) is 21.4. The Morgan fingerprint density at radius 3 is 2.50 bits per heavy atom. The zero-order valence-corrected chi connectivity index (χ0v) is 15.6. The predicted molar refractivity (Wildman–Crippen MR) is 94.9 cm³/mol. The summed E-state index contributed by atoms with van der Waals surface area (Å²) in [6.45, 7) is 1.36. The van der Waals surface area contributed by atoms with E-state index in [9.17, 15) is 27.2 Å². The second-order valence-corrected chi connectivity index (χ2v) is 6.79. The molecule has 30 heavy (non-hydrogen) atoms. The fraction of sp³-hybridized carbons (Fsp3) is 0.389. The van der Waals surface area contributed by atoms with Gasteiger partial charge in [-0.15, -0.1) is 0 Å². The molecule has 12 heteroatoms. The van der Waals surface area contributed by atoms with Gasteiger partial charge < -0.3 is 10.4 Å². The number of aryl methyl sites for hydroxylation is 1. The summed E-state index contributed by atoms with van der Waals surface area (Å²) in [4.78, 5) is 35.0. The van der Waals surface area contributed by atoms with Gasteiger partial charge >= 0.3 is 12.3 Å². The Balaban J connectivity index is 1.73. The van der Waals surface area contributed by atoms with E-state index in [-0.39, 0.29) is 25.1 Å². The first-order chi connectivity index (χ1) is 14.1. The van der Waals surface area contributed by atoms with E-state index in [0.29, 0.717) is 16.8 Å². The first-order valence-corrected chi connectivity index (χ1v) is 8.82. The number of hydrogen-bond acceptors (Lipinski definition) is 5. The molecule has 0 spiro atoms. The van der Waals surface area contributed by atoms with Crippen molar-refractivity contribution in [3.05, 3.63) is 41.6 Å². The van der Waals surface area contributed by atoms with Crippen LogP contribution in [0.5, 0.6) is 0 Å². The maximum absolute atomic E-state index is 13.5. The van der Waals surface area contributed by atoms with E-state index in [1.807, 2.05) is 0 Å². The van der Waals surface area contributed by atoms with Gasteiger partial charge in [0.1, 0.15) is 12.2 Å². The second kappa shape index (κ2) is 8.20. The molecule has 1 aliphatic rings. The molecule has 0 saturated carbocycles. The lowest BCUT2D eigenvalue weighted by atomic mass is 10.1. The van der Waals surface area contributed by atoms with Crippen LogP contribution in [-0.4, -0.2) is 55.7 Å². The van der Waals surface area contributed by atoms with E-state index in [4.69, 9.17) is 5.11 Å². The number of amides is 2. The summed E-state index contributed by atoms with van der Waals surface area (Å²) in [5, 5.41) is 11.7. The number of hydrogen-bond donors (Lipinski definition) is 2. The van der Waals surface area contributed by atoms with Crippen LogP contribution in [0.25, 0.3) is 11.3 Å². The summed E-state index contributed by atoms with van der Waals surface area (Å²) >= 11 is 0. The lowest BCUT2D eigenvalue weighted by Gasteiger charge is -2.20. The molecule has 0 unspecified atom stereocenters. The molecule has 2 aromatic heterocycles. The van der Waals surface area contributed by atoms with Gasteiger partial charge in [-0.1, -0.05) is 0 Å². The molecule has 1 fully saturated rings. The summed E-state index contributed by atoms with van der Waals surface area (Å²) in [6.07, 6.45) is -4.18. The lowest BCUT2D eigenvalue weighted by molar-refractivity contribution is -0.145. The molecule has 2 atom stereocenters. The summed E-state index contributed by atoms with van der Waals surface area (Å²) in [7, 11) is 0. The fourth-order valence-corrected chi connectivity index (χ4v) is 3.07. The van der Waals surface area contributed by atoms with E-state index >= 15 is 0 Å². The highest BCUT2D eigenvalue weighted by Gasteiger charge is 2.39. The van der Waals surface area contributed by atoms with Crippen molar-refractivity contribution in [1.82, 2.24) is 25.2 Å². The third-order valence-corrected chi connectivity index (χ3v) is 4.67. The molecule has 0 radical (unpaired) electrons. The molecule has 3 heterocycles. The smallest absolute Gasteiger partial charge is 0.451 e. The van der Waals surface area contributed by atoms with Gasteiger partial charge in [0, 0.05) is 37.1 Å². The quantitative estimate of drug-likeness (QED) is 0.727. The lowest BCUT2D eigenvalue weighted by Crippen LogP contribution is -2.45. The zero-order valence-electron chi connectivity index (χ0n) is 15.6. The van der Waals surface area contributed by atoms with Crippen molar-refractivity contribution in [3.63, 3.8) is 0 Å². The SMILES string of the molecule is Cc1cnc(-c2cnc(C(F)(F)F)nc2)cc1CNC(=O)[C@@H]1C[C@@H](F)CN1C(=O)O. The molecule has 2 amide bonds. The largest absolute Gasteiger partial charge is 0.465 e. The van der Waals surface area contributed by atoms with Crippen LogP contribution in [-0.2, 0) is 17.5 Å². The zero-order chi connectivity index (χ0) is 22.1. The van der Waals surface area contributed by atoms with Gasteiger partial charge in [0.2, 0.25) is 11.7 Å². The van der Waals surface area contributed by atoms with E-state index in [0.717, 1.165) is 17.3 Å². The Hall–Kier alpha value is -3.31. The topological polar surface area (TPSA) is 108 Å². The van der Waals surface area contributed by atoms with Crippen molar-refractivity contribution in [3.8, 4) is 11.3 Å². The van der Waals surface area contributed by atoms with Crippen molar-refractivity contribution in [2.75, 3.05) is 6.54 Å². The molecule has 1 aliphatic heterocycles. The highest BCUT2D eigenvalue weighted by Crippen LogP contribution is 2.27. The van der Waals surface area contributed by atoms with E-state index in [2.05, 4.69) is 20.3 Å². The van der Waals surface area contributed by atoms with Crippen LogP contribution in [0.1, 0.15) is 23.4 Å². The molecule has 0 bridgehead atoms. The number of carbonyl (C=O) groups excluding carboxylic acids is 1. The van der Waals surface area contributed by atoms with Gasteiger partial charge in [0.15, 0.2) is 0 Å². The number of nitrogens with zero attached hydrogens (tertiary/aromatic N) is 4. The van der Waals surface area contributed by atoms with E-state index in [1.165, 1.54) is 6.20 Å². The standard InChI is InChI=1S/C18H17F4N5O3/c1-9-4-23-13(11-6-25-16(26-7-11)18(20,21)22)2-10(9)5-24-15(28)14-3-12(19)8-27(14)17(29)30/h2,4,6-7,12,14H,3,5,8H2,1H3,(H,24,28)(H,29,30)/t12-,14+/m1/s1. The predicted octanol–water partition coefficient (Wildman–Crippen LogP) is 2.57. The third kappa shape index (κ3) is 4.63. The second-order valence-electron chi connectivity index (χ2n) is 6.79. The summed E-state index contributed by atoms with van der Waals surface area (Å²) in [5.74, 6) is -1.90. The third-order valence-electron chi connectivity index (χ3n) is 4.67. The number of carbonyl (C=O) groups is 2. The van der Waals surface area contributed by atoms with Crippen molar-refractivity contribution in [1.29, 1.82) is 0 Å². The van der Waals surface area contributed by atoms with E-state index < -0.39 is 36.2 Å². The Labute approximate surface area is 168 Å². The molecule has 8 nitrogen and oxygen atoms in total. The number of nitrogens with one attached hydrogen (secondary N) is 1. The average molecular weight is 427 g/mol. The molecular weight excluding hydrogens is 410 g/mol.